The SMILES string of the molecule is C[C@H]1C(=O)N(C)[C@@H](/C=C/c2ccccc2)N1C(=O)c1cc(Cl)ccc1[N+](=O)[O-]. The van der Waals surface area contributed by atoms with Gasteiger partial charge in [0, 0.05) is 18.1 Å². The van der Waals surface area contributed by atoms with Gasteiger partial charge in [-0.05, 0) is 30.7 Å². The van der Waals surface area contributed by atoms with E-state index in [-0.39, 0.29) is 22.2 Å². The lowest BCUT2D eigenvalue weighted by Gasteiger charge is -2.26. The number of hydrogen-bond donors (Lipinski definition) is 0. The van der Waals surface area contributed by atoms with Crippen LogP contribution < -0.4 is 0 Å². The first-order valence-electron chi connectivity index (χ1n) is 8.58. The molecule has 2 atom stereocenters. The highest BCUT2D eigenvalue weighted by Gasteiger charge is 2.44. The van der Waals surface area contributed by atoms with E-state index < -0.39 is 23.0 Å². The number of hydrogen-bond acceptors (Lipinski definition) is 4. The molecular formula is C20H18ClN3O4. The van der Waals surface area contributed by atoms with Crippen LogP contribution in [0, 0.1) is 10.1 Å². The molecule has 0 N–H and O–H groups in total. The Labute approximate surface area is 167 Å². The first-order chi connectivity index (χ1) is 13.3. The van der Waals surface area contributed by atoms with Crippen LogP contribution >= 0.6 is 11.6 Å². The van der Waals surface area contributed by atoms with Gasteiger partial charge in [-0.3, -0.25) is 19.7 Å². The highest BCUT2D eigenvalue weighted by atomic mass is 35.5. The number of benzene rings is 2. The second-order valence-corrected chi connectivity index (χ2v) is 6.88. The van der Waals surface area contributed by atoms with Gasteiger partial charge in [-0.15, -0.1) is 0 Å². The standard InChI is InChI=1S/C20H18ClN3O4/c1-13-19(25)22(2)18(11-8-14-6-4-3-5-7-14)23(13)20(26)16-12-15(21)9-10-17(16)24(27)28/h3-13,18H,1-2H3/b11-8+/t13-,18+/m0/s1. The zero-order valence-corrected chi connectivity index (χ0v) is 16.0. The summed E-state index contributed by atoms with van der Waals surface area (Å²) in [5.74, 6) is -0.872. The van der Waals surface area contributed by atoms with Crippen molar-refractivity contribution in [1.29, 1.82) is 0 Å². The number of carbonyl (C=O) groups is 2. The van der Waals surface area contributed by atoms with Crippen LogP contribution in [0.5, 0.6) is 0 Å². The van der Waals surface area contributed by atoms with Gasteiger partial charge in [-0.1, -0.05) is 48.0 Å². The number of amides is 2. The first kappa shape index (κ1) is 19.6. The molecule has 144 valence electrons. The van der Waals surface area contributed by atoms with Crippen molar-refractivity contribution in [3.63, 3.8) is 0 Å². The van der Waals surface area contributed by atoms with Crippen molar-refractivity contribution in [3.8, 4) is 0 Å². The highest BCUT2D eigenvalue weighted by molar-refractivity contribution is 6.31. The lowest BCUT2D eigenvalue weighted by Crippen LogP contribution is -2.42. The van der Waals surface area contributed by atoms with Crippen molar-refractivity contribution < 1.29 is 14.5 Å². The van der Waals surface area contributed by atoms with Gasteiger partial charge in [0.15, 0.2) is 0 Å². The number of likely N-dealkylation sites (N-methyl/N-ethyl adjacent to an activating group) is 1. The van der Waals surface area contributed by atoms with Crippen molar-refractivity contribution in [2.24, 2.45) is 0 Å². The maximum atomic E-state index is 13.2. The predicted octanol–water partition coefficient (Wildman–Crippen LogP) is 3.59. The van der Waals surface area contributed by atoms with Crippen LogP contribution in [0.1, 0.15) is 22.8 Å². The Morgan fingerprint density at radius 1 is 1.21 bits per heavy atom. The Balaban J connectivity index is 2.01. The highest BCUT2D eigenvalue weighted by Crippen LogP contribution is 2.29. The maximum absolute atomic E-state index is 13.2. The van der Waals surface area contributed by atoms with Crippen molar-refractivity contribution >= 4 is 35.2 Å². The average Bonchev–Trinajstić information content (AvgIpc) is 2.90. The van der Waals surface area contributed by atoms with Gasteiger partial charge in [0.1, 0.15) is 17.8 Å². The molecule has 0 radical (unpaired) electrons. The van der Waals surface area contributed by atoms with Gasteiger partial charge >= 0.3 is 0 Å². The minimum Gasteiger partial charge on any atom is -0.320 e. The quantitative estimate of drug-likeness (QED) is 0.581. The molecule has 1 aliphatic rings. The summed E-state index contributed by atoms with van der Waals surface area (Å²) in [7, 11) is 1.60. The van der Waals surface area contributed by atoms with E-state index >= 15 is 0 Å². The predicted molar refractivity (Wildman–Crippen MR) is 106 cm³/mol. The monoisotopic (exact) mass is 399 g/mol. The topological polar surface area (TPSA) is 83.8 Å². The molecule has 0 unspecified atom stereocenters. The second kappa shape index (κ2) is 7.82. The van der Waals surface area contributed by atoms with E-state index in [2.05, 4.69) is 0 Å². The van der Waals surface area contributed by atoms with Crippen LogP contribution in [-0.4, -0.2) is 45.8 Å². The maximum Gasteiger partial charge on any atom is 0.282 e. The minimum absolute atomic E-state index is 0.148. The normalized spacial score (nSPS) is 19.5. The summed E-state index contributed by atoms with van der Waals surface area (Å²) in [4.78, 5) is 39.2. The second-order valence-electron chi connectivity index (χ2n) is 6.44. The lowest BCUT2D eigenvalue weighted by molar-refractivity contribution is -0.385. The summed E-state index contributed by atoms with van der Waals surface area (Å²) in [6, 6.07) is 12.5. The Morgan fingerprint density at radius 3 is 2.54 bits per heavy atom. The van der Waals surface area contributed by atoms with Crippen molar-refractivity contribution in [2.45, 2.75) is 19.1 Å². The van der Waals surface area contributed by atoms with Gasteiger partial charge in [0.25, 0.3) is 11.6 Å². The Morgan fingerprint density at radius 2 is 1.89 bits per heavy atom. The Hall–Kier alpha value is -3.19. The largest absolute Gasteiger partial charge is 0.320 e. The third-order valence-corrected chi connectivity index (χ3v) is 4.92. The fourth-order valence-electron chi connectivity index (χ4n) is 3.22. The molecule has 0 aliphatic carbocycles. The molecule has 2 aromatic rings. The van der Waals surface area contributed by atoms with E-state index in [1.54, 1.807) is 26.1 Å². The number of carbonyl (C=O) groups excluding carboxylic acids is 2. The number of halogens is 1. The van der Waals surface area contributed by atoms with Crippen LogP contribution in [0.4, 0.5) is 5.69 Å². The van der Waals surface area contributed by atoms with Crippen LogP contribution in [0.3, 0.4) is 0 Å². The molecule has 1 aliphatic heterocycles. The number of nitro benzene ring substituents is 1. The van der Waals surface area contributed by atoms with Gasteiger partial charge in [0.05, 0.1) is 4.92 Å². The van der Waals surface area contributed by atoms with Crippen molar-refractivity contribution in [1.82, 2.24) is 9.80 Å². The van der Waals surface area contributed by atoms with Crippen LogP contribution in [-0.2, 0) is 4.79 Å². The Kier molecular flexibility index (Phi) is 5.46. The third kappa shape index (κ3) is 3.61. The zero-order valence-electron chi connectivity index (χ0n) is 15.3. The van der Waals surface area contributed by atoms with Crippen LogP contribution in [0.25, 0.3) is 6.08 Å². The summed E-state index contributed by atoms with van der Waals surface area (Å²) in [5.41, 5.74) is 0.406. The molecule has 1 fully saturated rings. The summed E-state index contributed by atoms with van der Waals surface area (Å²) in [6.45, 7) is 1.60. The molecule has 0 aromatic heterocycles. The molecule has 28 heavy (non-hydrogen) atoms. The lowest BCUT2D eigenvalue weighted by atomic mass is 10.1. The third-order valence-electron chi connectivity index (χ3n) is 4.68. The molecule has 0 bridgehead atoms. The van der Waals surface area contributed by atoms with E-state index in [0.717, 1.165) is 5.56 Å². The van der Waals surface area contributed by atoms with E-state index in [1.165, 1.54) is 28.0 Å². The van der Waals surface area contributed by atoms with E-state index in [0.29, 0.717) is 0 Å². The van der Waals surface area contributed by atoms with Gasteiger partial charge in [0.2, 0.25) is 5.91 Å². The summed E-state index contributed by atoms with van der Waals surface area (Å²) in [6.07, 6.45) is 2.86. The van der Waals surface area contributed by atoms with E-state index in [4.69, 9.17) is 11.6 Å². The van der Waals surface area contributed by atoms with Crippen molar-refractivity contribution in [3.05, 3.63) is 80.9 Å². The molecule has 1 heterocycles. The van der Waals surface area contributed by atoms with Crippen molar-refractivity contribution in [2.75, 3.05) is 7.05 Å². The Bertz CT molecular complexity index is 961. The molecule has 0 saturated carbocycles. The number of nitrogens with zero attached hydrogens (tertiary/aromatic N) is 3. The molecule has 2 amide bonds. The first-order valence-corrected chi connectivity index (χ1v) is 8.95. The number of nitro groups is 1. The molecule has 1 saturated heterocycles. The molecule has 0 spiro atoms. The number of rotatable bonds is 4. The van der Waals surface area contributed by atoms with Crippen LogP contribution in [0.15, 0.2) is 54.6 Å². The van der Waals surface area contributed by atoms with E-state index in [9.17, 15) is 19.7 Å². The van der Waals surface area contributed by atoms with Gasteiger partial charge < -0.3 is 9.80 Å². The molecular weight excluding hydrogens is 382 g/mol. The van der Waals surface area contributed by atoms with Crippen LogP contribution in [0.2, 0.25) is 5.02 Å². The molecule has 2 aromatic carbocycles. The fraction of sp³-hybridized carbons (Fsp3) is 0.200. The average molecular weight is 400 g/mol. The minimum atomic E-state index is -0.762. The van der Waals surface area contributed by atoms with Gasteiger partial charge in [-0.2, -0.15) is 0 Å². The zero-order chi connectivity index (χ0) is 20.4. The van der Waals surface area contributed by atoms with E-state index in [1.807, 2.05) is 30.3 Å². The fourth-order valence-corrected chi connectivity index (χ4v) is 3.39. The molecule has 7 nitrogen and oxygen atoms in total. The summed E-state index contributed by atoms with van der Waals surface area (Å²) < 4.78 is 0. The smallest absolute Gasteiger partial charge is 0.282 e. The molecule has 3 rings (SSSR count). The summed E-state index contributed by atoms with van der Waals surface area (Å²) >= 11 is 5.96. The summed E-state index contributed by atoms with van der Waals surface area (Å²) in [5, 5.41) is 11.6. The molecule has 8 heteroatoms. The van der Waals surface area contributed by atoms with Gasteiger partial charge in [-0.25, -0.2) is 0 Å².